The van der Waals surface area contributed by atoms with Crippen molar-refractivity contribution in [1.29, 1.82) is 0 Å². The van der Waals surface area contributed by atoms with Gasteiger partial charge in [0.1, 0.15) is 11.9 Å². The van der Waals surface area contributed by atoms with Gasteiger partial charge >= 0.3 is 5.97 Å². The lowest BCUT2D eigenvalue weighted by molar-refractivity contribution is -0.155. The molecule has 0 fully saturated rings. The zero-order chi connectivity index (χ0) is 17.9. The molecule has 23 heavy (non-hydrogen) atoms. The number of aliphatic carboxylic acids is 1. The smallest absolute Gasteiger partial charge is 0.328 e. The maximum Gasteiger partial charge on any atom is 0.328 e. The summed E-state index contributed by atoms with van der Waals surface area (Å²) in [5.41, 5.74) is 3.12. The minimum atomic E-state index is -2.27. The Labute approximate surface area is 136 Å². The summed E-state index contributed by atoms with van der Waals surface area (Å²) in [6.07, 6.45) is 5.72. The highest BCUT2D eigenvalue weighted by Crippen LogP contribution is 2.14. The second-order valence-electron chi connectivity index (χ2n) is 5.88. The van der Waals surface area contributed by atoms with E-state index in [1.54, 1.807) is 13.0 Å². The van der Waals surface area contributed by atoms with Crippen molar-refractivity contribution < 1.29 is 30.0 Å². The number of carboxylic acid groups (broad SMARTS) is 1. The Morgan fingerprint density at radius 3 is 2.26 bits per heavy atom. The number of carboxylic acids is 1. The van der Waals surface area contributed by atoms with E-state index in [4.69, 9.17) is 15.9 Å². The van der Waals surface area contributed by atoms with Crippen LogP contribution in [0.2, 0.25) is 0 Å². The number of Topliss-reactive ketones (excluding diaryl/α,β-unsaturated/α-hetero) is 1. The molecule has 0 amide bonds. The Bertz CT molecular complexity index is 398. The predicted molar refractivity (Wildman–Crippen MR) is 85.8 cm³/mol. The highest BCUT2D eigenvalue weighted by atomic mass is 16.4. The quantitative estimate of drug-likeness (QED) is 0.242. The number of carbonyl (C=O) groups is 2. The van der Waals surface area contributed by atoms with Gasteiger partial charge in [0, 0.05) is 6.42 Å². The van der Waals surface area contributed by atoms with Gasteiger partial charge in [-0.15, -0.1) is 0 Å². The summed E-state index contributed by atoms with van der Waals surface area (Å²) < 4.78 is 0. The molecule has 7 nitrogen and oxygen atoms in total. The summed E-state index contributed by atoms with van der Waals surface area (Å²) in [6.45, 7) is 0.615. The van der Waals surface area contributed by atoms with Gasteiger partial charge in [-0.05, 0) is 32.6 Å². The second kappa shape index (κ2) is 11.3. The van der Waals surface area contributed by atoms with Crippen LogP contribution in [0.25, 0.3) is 0 Å². The van der Waals surface area contributed by atoms with Crippen LogP contribution >= 0.6 is 0 Å². The summed E-state index contributed by atoms with van der Waals surface area (Å²) in [4.78, 5) is 21.7. The van der Waals surface area contributed by atoms with Crippen LogP contribution < -0.4 is 5.73 Å². The number of nitrogens with two attached hydrogens (primary N) is 1. The van der Waals surface area contributed by atoms with E-state index in [0.717, 1.165) is 32.1 Å². The van der Waals surface area contributed by atoms with Crippen molar-refractivity contribution in [1.82, 2.24) is 0 Å². The summed E-state index contributed by atoms with van der Waals surface area (Å²) in [7, 11) is 0. The zero-order valence-electron chi connectivity index (χ0n) is 13.6. The van der Waals surface area contributed by atoms with Gasteiger partial charge in [0.15, 0.2) is 5.54 Å². The van der Waals surface area contributed by atoms with Gasteiger partial charge in [-0.1, -0.05) is 25.0 Å². The van der Waals surface area contributed by atoms with Crippen LogP contribution in [-0.4, -0.2) is 56.5 Å². The maximum atomic E-state index is 10.9. The predicted octanol–water partition coefficient (Wildman–Crippen LogP) is 0.359. The molecule has 0 aromatic heterocycles. The molecule has 0 unspecified atom stereocenters. The van der Waals surface area contributed by atoms with Crippen molar-refractivity contribution in [2.75, 3.05) is 6.61 Å². The molecule has 0 aromatic rings. The molecule has 0 radical (unpaired) electrons. The summed E-state index contributed by atoms with van der Waals surface area (Å²) >= 11 is 0. The Hall–Kier alpha value is -1.28. The Kier molecular flexibility index (Phi) is 10.7. The Morgan fingerprint density at radius 2 is 1.74 bits per heavy atom. The van der Waals surface area contributed by atoms with Crippen LogP contribution in [0.5, 0.6) is 0 Å². The van der Waals surface area contributed by atoms with Crippen LogP contribution in [0.1, 0.15) is 51.9 Å². The number of allylic oxidation sites excluding steroid dienone is 1. The minimum absolute atomic E-state index is 0.0533. The fourth-order valence-corrected chi connectivity index (χ4v) is 2.10. The molecule has 0 saturated heterocycles. The molecule has 0 aliphatic heterocycles. The monoisotopic (exact) mass is 331 g/mol. The van der Waals surface area contributed by atoms with Crippen molar-refractivity contribution >= 4 is 11.8 Å². The van der Waals surface area contributed by atoms with E-state index >= 15 is 0 Å². The first-order valence-corrected chi connectivity index (χ1v) is 7.89. The number of aliphatic hydroxyl groups is 3. The number of ketones is 1. The van der Waals surface area contributed by atoms with E-state index in [1.165, 1.54) is 0 Å². The summed E-state index contributed by atoms with van der Waals surface area (Å²) in [6, 6.07) is 0. The second-order valence-corrected chi connectivity index (χ2v) is 5.88. The fourth-order valence-electron chi connectivity index (χ4n) is 2.10. The number of hydrogen-bond donors (Lipinski definition) is 5. The first-order chi connectivity index (χ1) is 10.8. The highest BCUT2D eigenvalue weighted by Gasteiger charge is 2.44. The minimum Gasteiger partial charge on any atom is -0.480 e. The SMILES string of the molecule is CC(=O)CCCCCCC=CC[C@H](O)[C@@H](O)[C@](N)(CO)C(=O)O. The normalized spacial score (nSPS) is 16.9. The number of hydrogen-bond acceptors (Lipinski definition) is 6. The lowest BCUT2D eigenvalue weighted by atomic mass is 9.89. The number of unbranched alkanes of at least 4 members (excludes halogenated alkanes) is 4. The van der Waals surface area contributed by atoms with E-state index in [0.29, 0.717) is 6.42 Å². The molecular weight excluding hydrogens is 302 g/mol. The van der Waals surface area contributed by atoms with Crippen molar-refractivity contribution in [3.63, 3.8) is 0 Å². The molecular formula is C16H29NO6. The van der Waals surface area contributed by atoms with E-state index in [2.05, 4.69) is 0 Å². The largest absolute Gasteiger partial charge is 0.480 e. The van der Waals surface area contributed by atoms with Crippen molar-refractivity contribution in [2.45, 2.75) is 69.6 Å². The van der Waals surface area contributed by atoms with Crippen molar-refractivity contribution in [3.05, 3.63) is 12.2 Å². The number of rotatable bonds is 13. The van der Waals surface area contributed by atoms with Gasteiger partial charge in [-0.2, -0.15) is 0 Å². The third kappa shape index (κ3) is 8.22. The molecule has 0 rings (SSSR count). The third-order valence-corrected chi connectivity index (χ3v) is 3.75. The first kappa shape index (κ1) is 21.7. The first-order valence-electron chi connectivity index (χ1n) is 7.89. The van der Waals surface area contributed by atoms with E-state index in [1.807, 2.05) is 6.08 Å². The average Bonchev–Trinajstić information content (AvgIpc) is 2.50. The van der Waals surface area contributed by atoms with Gasteiger partial charge in [0.05, 0.1) is 12.7 Å². The molecule has 0 heterocycles. The summed E-state index contributed by atoms with van der Waals surface area (Å²) in [5.74, 6) is -1.36. The number of aliphatic hydroxyl groups excluding tert-OH is 3. The summed E-state index contributed by atoms with van der Waals surface area (Å²) in [5, 5.41) is 37.5. The molecule has 0 aliphatic rings. The van der Waals surface area contributed by atoms with E-state index < -0.39 is 30.3 Å². The van der Waals surface area contributed by atoms with Gasteiger partial charge in [-0.3, -0.25) is 4.79 Å². The standard InChI is InChI=1S/C16H29NO6/c1-12(19)9-7-5-3-2-4-6-8-10-13(20)14(21)16(17,11-18)15(22)23/h6,8,13-14,18,20-21H,2-5,7,9-11,17H2,1H3,(H,22,23)/t13-,14+,16+/m0/s1. The van der Waals surface area contributed by atoms with Gasteiger partial charge in [-0.25, -0.2) is 0 Å². The highest BCUT2D eigenvalue weighted by molar-refractivity contribution is 5.79. The van der Waals surface area contributed by atoms with Crippen LogP contribution in [0.3, 0.4) is 0 Å². The lowest BCUT2D eigenvalue weighted by Crippen LogP contribution is -2.63. The van der Waals surface area contributed by atoms with Gasteiger partial charge in [0.2, 0.25) is 0 Å². The zero-order valence-corrected chi connectivity index (χ0v) is 13.6. The van der Waals surface area contributed by atoms with E-state index in [9.17, 15) is 19.8 Å². The molecule has 0 aliphatic carbocycles. The molecule has 3 atom stereocenters. The molecule has 0 saturated carbocycles. The molecule has 0 spiro atoms. The van der Waals surface area contributed by atoms with Gasteiger partial charge < -0.3 is 31.0 Å². The maximum absolute atomic E-state index is 10.9. The molecule has 0 bridgehead atoms. The van der Waals surface area contributed by atoms with Crippen LogP contribution in [0, 0.1) is 0 Å². The topological polar surface area (TPSA) is 141 Å². The Morgan fingerprint density at radius 1 is 1.13 bits per heavy atom. The van der Waals surface area contributed by atoms with Crippen molar-refractivity contribution in [3.8, 4) is 0 Å². The van der Waals surface area contributed by atoms with Crippen molar-refractivity contribution in [2.24, 2.45) is 5.73 Å². The number of carbonyl (C=O) groups excluding carboxylic acids is 1. The fraction of sp³-hybridized carbons (Fsp3) is 0.750. The van der Waals surface area contributed by atoms with Crippen LogP contribution in [-0.2, 0) is 9.59 Å². The van der Waals surface area contributed by atoms with E-state index in [-0.39, 0.29) is 12.2 Å². The average molecular weight is 331 g/mol. The third-order valence-electron chi connectivity index (χ3n) is 3.75. The van der Waals surface area contributed by atoms with Gasteiger partial charge in [0.25, 0.3) is 0 Å². The molecule has 134 valence electrons. The van der Waals surface area contributed by atoms with Crippen LogP contribution in [0.4, 0.5) is 0 Å². The molecule has 0 aromatic carbocycles. The molecule has 6 N–H and O–H groups in total. The Balaban J connectivity index is 3.98. The molecule has 7 heteroatoms. The lowest BCUT2D eigenvalue weighted by Gasteiger charge is -2.30. The van der Waals surface area contributed by atoms with Crippen LogP contribution in [0.15, 0.2) is 12.2 Å².